The Kier molecular flexibility index (Phi) is 5.23. The van der Waals surface area contributed by atoms with Gasteiger partial charge in [0.2, 0.25) is 0 Å². The van der Waals surface area contributed by atoms with E-state index in [9.17, 15) is 4.79 Å². The number of hydrogen-bond donors (Lipinski definition) is 0. The lowest BCUT2D eigenvalue weighted by molar-refractivity contribution is 0.0468. The third-order valence-electron chi connectivity index (χ3n) is 3.32. The summed E-state index contributed by atoms with van der Waals surface area (Å²) in [6.45, 7) is 2.67. The molecule has 0 atom stereocenters. The normalized spacial score (nSPS) is 10.4. The van der Waals surface area contributed by atoms with Crippen molar-refractivity contribution in [3.05, 3.63) is 71.2 Å². The van der Waals surface area contributed by atoms with Gasteiger partial charge in [-0.1, -0.05) is 30.3 Å². The molecule has 122 valence electrons. The van der Waals surface area contributed by atoms with Crippen LogP contribution in [0.3, 0.4) is 0 Å². The summed E-state index contributed by atoms with van der Waals surface area (Å²) < 4.78 is 10.7. The molecule has 0 N–H and O–H groups in total. The van der Waals surface area contributed by atoms with E-state index in [1.165, 1.54) is 11.3 Å². The Morgan fingerprint density at radius 3 is 2.54 bits per heavy atom. The standard InChI is InChI=1S/C19H17NO3S/c1-2-22-17-10-8-15(9-11-17)19(21)23-12-16-13-24-18(20-16)14-6-4-3-5-7-14/h3-11,13H,2,12H2,1H3. The Morgan fingerprint density at radius 2 is 1.83 bits per heavy atom. The summed E-state index contributed by atoms with van der Waals surface area (Å²) in [6.07, 6.45) is 0. The molecule has 5 heteroatoms. The SMILES string of the molecule is CCOc1ccc(C(=O)OCc2csc(-c3ccccc3)n2)cc1. The Balaban J connectivity index is 1.59. The van der Waals surface area contributed by atoms with Crippen molar-refractivity contribution in [3.8, 4) is 16.3 Å². The van der Waals surface area contributed by atoms with E-state index in [0.717, 1.165) is 22.0 Å². The van der Waals surface area contributed by atoms with Crippen LogP contribution in [0.5, 0.6) is 5.75 Å². The minimum atomic E-state index is -0.368. The first-order valence-electron chi connectivity index (χ1n) is 7.66. The van der Waals surface area contributed by atoms with Crippen LogP contribution in [0.4, 0.5) is 0 Å². The Bertz CT molecular complexity index is 797. The number of carbonyl (C=O) groups excluding carboxylic acids is 1. The molecule has 0 fully saturated rings. The molecule has 0 unspecified atom stereocenters. The largest absolute Gasteiger partial charge is 0.494 e. The average Bonchev–Trinajstić information content (AvgIpc) is 3.10. The van der Waals surface area contributed by atoms with Gasteiger partial charge >= 0.3 is 5.97 Å². The molecule has 0 aliphatic carbocycles. The van der Waals surface area contributed by atoms with Crippen LogP contribution in [-0.4, -0.2) is 17.6 Å². The van der Waals surface area contributed by atoms with Crippen LogP contribution in [0.1, 0.15) is 23.0 Å². The van der Waals surface area contributed by atoms with E-state index in [0.29, 0.717) is 12.2 Å². The molecule has 0 aliphatic rings. The minimum absolute atomic E-state index is 0.162. The van der Waals surface area contributed by atoms with Gasteiger partial charge in [-0.25, -0.2) is 9.78 Å². The van der Waals surface area contributed by atoms with Gasteiger partial charge in [0.1, 0.15) is 17.4 Å². The fourth-order valence-electron chi connectivity index (χ4n) is 2.16. The highest BCUT2D eigenvalue weighted by Crippen LogP contribution is 2.23. The third-order valence-corrected chi connectivity index (χ3v) is 4.26. The molecule has 1 aromatic heterocycles. The maximum absolute atomic E-state index is 12.1. The number of benzene rings is 2. The lowest BCUT2D eigenvalue weighted by Gasteiger charge is -2.05. The van der Waals surface area contributed by atoms with Gasteiger partial charge in [-0.05, 0) is 31.2 Å². The van der Waals surface area contributed by atoms with Crippen molar-refractivity contribution in [1.82, 2.24) is 4.98 Å². The van der Waals surface area contributed by atoms with Crippen molar-refractivity contribution in [3.63, 3.8) is 0 Å². The molecule has 0 spiro atoms. The summed E-state index contributed by atoms with van der Waals surface area (Å²) in [5.41, 5.74) is 2.31. The van der Waals surface area contributed by atoms with Crippen LogP contribution >= 0.6 is 11.3 Å². The van der Waals surface area contributed by atoms with Gasteiger partial charge in [0.25, 0.3) is 0 Å². The molecule has 0 saturated carbocycles. The van der Waals surface area contributed by atoms with Gasteiger partial charge in [-0.2, -0.15) is 0 Å². The second-order valence-electron chi connectivity index (χ2n) is 5.04. The Labute approximate surface area is 144 Å². The summed E-state index contributed by atoms with van der Waals surface area (Å²) in [5, 5.41) is 2.83. The number of ether oxygens (including phenoxy) is 2. The summed E-state index contributed by atoms with van der Waals surface area (Å²) in [4.78, 5) is 16.6. The zero-order valence-electron chi connectivity index (χ0n) is 13.3. The second kappa shape index (κ2) is 7.75. The van der Waals surface area contributed by atoms with Gasteiger partial charge in [0, 0.05) is 10.9 Å². The quantitative estimate of drug-likeness (QED) is 0.618. The van der Waals surface area contributed by atoms with Gasteiger partial charge in [-0.15, -0.1) is 11.3 Å². The molecule has 4 nitrogen and oxygen atoms in total. The van der Waals surface area contributed by atoms with Crippen LogP contribution in [0.25, 0.3) is 10.6 Å². The van der Waals surface area contributed by atoms with Crippen molar-refractivity contribution in [1.29, 1.82) is 0 Å². The Hall–Kier alpha value is -2.66. The number of aromatic nitrogens is 1. The predicted molar refractivity (Wildman–Crippen MR) is 94.3 cm³/mol. The van der Waals surface area contributed by atoms with Crippen molar-refractivity contribution < 1.29 is 14.3 Å². The van der Waals surface area contributed by atoms with E-state index >= 15 is 0 Å². The van der Waals surface area contributed by atoms with Crippen molar-refractivity contribution in [2.75, 3.05) is 6.61 Å². The summed E-state index contributed by atoms with van der Waals surface area (Å²) in [7, 11) is 0. The molecule has 0 saturated heterocycles. The third kappa shape index (κ3) is 4.00. The summed E-state index contributed by atoms with van der Waals surface area (Å²) in [6, 6.07) is 16.9. The van der Waals surface area contributed by atoms with Crippen molar-refractivity contribution in [2.24, 2.45) is 0 Å². The van der Waals surface area contributed by atoms with Gasteiger partial charge in [0.05, 0.1) is 17.9 Å². The molecular weight excluding hydrogens is 322 g/mol. The fourth-order valence-corrected chi connectivity index (χ4v) is 2.97. The first kappa shape index (κ1) is 16.2. The van der Waals surface area contributed by atoms with Crippen molar-refractivity contribution in [2.45, 2.75) is 13.5 Å². The molecule has 24 heavy (non-hydrogen) atoms. The van der Waals surface area contributed by atoms with E-state index in [-0.39, 0.29) is 12.6 Å². The lowest BCUT2D eigenvalue weighted by atomic mass is 10.2. The number of thiazole rings is 1. The Morgan fingerprint density at radius 1 is 1.08 bits per heavy atom. The molecular formula is C19H17NO3S. The molecule has 0 aliphatic heterocycles. The van der Waals surface area contributed by atoms with E-state index in [1.54, 1.807) is 24.3 Å². The van der Waals surface area contributed by atoms with E-state index < -0.39 is 0 Å². The smallest absolute Gasteiger partial charge is 0.338 e. The van der Waals surface area contributed by atoms with Gasteiger partial charge < -0.3 is 9.47 Å². The van der Waals surface area contributed by atoms with Gasteiger partial charge in [-0.3, -0.25) is 0 Å². The zero-order valence-corrected chi connectivity index (χ0v) is 14.1. The van der Waals surface area contributed by atoms with Crippen LogP contribution in [0, 0.1) is 0 Å². The molecule has 0 radical (unpaired) electrons. The molecule has 1 heterocycles. The second-order valence-corrected chi connectivity index (χ2v) is 5.90. The highest BCUT2D eigenvalue weighted by Gasteiger charge is 2.10. The fraction of sp³-hybridized carbons (Fsp3) is 0.158. The number of carbonyl (C=O) groups is 1. The topological polar surface area (TPSA) is 48.4 Å². The number of rotatable bonds is 6. The minimum Gasteiger partial charge on any atom is -0.494 e. The molecule has 3 aromatic rings. The average molecular weight is 339 g/mol. The molecule has 2 aromatic carbocycles. The molecule has 3 rings (SSSR count). The lowest BCUT2D eigenvalue weighted by Crippen LogP contribution is -2.05. The van der Waals surface area contributed by atoms with Gasteiger partial charge in [0.15, 0.2) is 0 Å². The van der Waals surface area contributed by atoms with Crippen LogP contribution in [-0.2, 0) is 11.3 Å². The number of hydrogen-bond acceptors (Lipinski definition) is 5. The van der Waals surface area contributed by atoms with E-state index in [2.05, 4.69) is 4.98 Å². The monoisotopic (exact) mass is 339 g/mol. The highest BCUT2D eigenvalue weighted by atomic mass is 32.1. The highest BCUT2D eigenvalue weighted by molar-refractivity contribution is 7.13. The predicted octanol–water partition coefficient (Wildman–Crippen LogP) is 4.57. The van der Waals surface area contributed by atoms with E-state index in [4.69, 9.17) is 9.47 Å². The first-order chi connectivity index (χ1) is 11.8. The van der Waals surface area contributed by atoms with Crippen LogP contribution in [0.2, 0.25) is 0 Å². The maximum Gasteiger partial charge on any atom is 0.338 e. The summed E-state index contributed by atoms with van der Waals surface area (Å²) in [5.74, 6) is 0.369. The zero-order chi connectivity index (χ0) is 16.8. The molecule has 0 bridgehead atoms. The van der Waals surface area contributed by atoms with Crippen LogP contribution in [0.15, 0.2) is 60.0 Å². The number of nitrogens with zero attached hydrogens (tertiary/aromatic N) is 1. The van der Waals surface area contributed by atoms with Crippen molar-refractivity contribution >= 4 is 17.3 Å². The van der Waals surface area contributed by atoms with Crippen LogP contribution < -0.4 is 4.74 Å². The molecule has 0 amide bonds. The first-order valence-corrected chi connectivity index (χ1v) is 8.54. The van der Waals surface area contributed by atoms with E-state index in [1.807, 2.05) is 42.6 Å². The number of esters is 1. The summed E-state index contributed by atoms with van der Waals surface area (Å²) >= 11 is 1.54. The maximum atomic E-state index is 12.1.